The lowest BCUT2D eigenvalue weighted by atomic mass is 9.94. The lowest BCUT2D eigenvalue weighted by molar-refractivity contribution is 0.160. The maximum atomic E-state index is 11.9. The molecule has 1 aliphatic heterocycles. The number of fused-ring (bicyclic) bond motifs is 1. The molecule has 4 rings (SSSR count). The number of piperidine rings is 1. The van der Waals surface area contributed by atoms with Gasteiger partial charge < -0.3 is 4.52 Å². The summed E-state index contributed by atoms with van der Waals surface area (Å²) in [6.07, 6.45) is 6.83. The van der Waals surface area contributed by atoms with Gasteiger partial charge in [-0.1, -0.05) is 5.16 Å². The Balaban J connectivity index is 1.33. The van der Waals surface area contributed by atoms with Crippen molar-refractivity contribution in [2.24, 2.45) is 5.92 Å². The summed E-state index contributed by atoms with van der Waals surface area (Å²) >= 11 is 0. The molecule has 0 spiro atoms. The van der Waals surface area contributed by atoms with Crippen molar-refractivity contribution in [1.82, 2.24) is 19.8 Å². The average Bonchev–Trinajstić information content (AvgIpc) is 3.03. The third-order valence-electron chi connectivity index (χ3n) is 5.54. The minimum absolute atomic E-state index is 0.00209. The normalized spacial score (nSPS) is 19.1. The molecule has 6 nitrogen and oxygen atoms in total. The van der Waals surface area contributed by atoms with Crippen molar-refractivity contribution in [3.8, 4) is 0 Å². The molecule has 1 aliphatic carbocycles. The molecule has 0 N–H and O–H groups in total. The Kier molecular flexibility index (Phi) is 4.70. The second kappa shape index (κ2) is 7.12. The van der Waals surface area contributed by atoms with E-state index in [4.69, 9.17) is 4.52 Å². The fourth-order valence-electron chi connectivity index (χ4n) is 4.04. The van der Waals surface area contributed by atoms with E-state index in [0.29, 0.717) is 5.92 Å². The molecule has 1 fully saturated rings. The Morgan fingerprint density at radius 1 is 1.20 bits per heavy atom. The summed E-state index contributed by atoms with van der Waals surface area (Å²) in [6.45, 7) is 5.65. The summed E-state index contributed by atoms with van der Waals surface area (Å²) in [5.41, 5.74) is 3.41. The highest BCUT2D eigenvalue weighted by molar-refractivity contribution is 5.25. The molecule has 25 heavy (non-hydrogen) atoms. The molecular weight excluding hydrogens is 316 g/mol. The lowest BCUT2D eigenvalue weighted by Crippen LogP contribution is -2.36. The first-order valence-corrected chi connectivity index (χ1v) is 9.42. The van der Waals surface area contributed by atoms with Crippen LogP contribution in [0.1, 0.15) is 48.4 Å². The molecule has 1 saturated heterocycles. The van der Waals surface area contributed by atoms with Crippen LogP contribution in [0.5, 0.6) is 0 Å². The zero-order valence-corrected chi connectivity index (χ0v) is 14.9. The number of hydrogen-bond acceptors (Lipinski definition) is 5. The molecule has 0 saturated carbocycles. The number of hydrogen-bond donors (Lipinski definition) is 0. The molecule has 6 heteroatoms. The Hall–Kier alpha value is -1.95. The zero-order chi connectivity index (χ0) is 17.2. The predicted molar refractivity (Wildman–Crippen MR) is 94.4 cm³/mol. The predicted octanol–water partition coefficient (Wildman–Crippen LogP) is 2.33. The van der Waals surface area contributed by atoms with Gasteiger partial charge >= 0.3 is 0 Å². The van der Waals surface area contributed by atoms with Gasteiger partial charge in [-0.2, -0.15) is 5.10 Å². The molecule has 0 radical (unpaired) electrons. The zero-order valence-electron chi connectivity index (χ0n) is 14.9. The Morgan fingerprint density at radius 2 is 2.00 bits per heavy atom. The van der Waals surface area contributed by atoms with Crippen LogP contribution < -0.4 is 5.56 Å². The smallest absolute Gasteiger partial charge is 0.266 e. The van der Waals surface area contributed by atoms with Crippen LogP contribution in [-0.2, 0) is 25.9 Å². The van der Waals surface area contributed by atoms with Gasteiger partial charge in [0.1, 0.15) is 11.5 Å². The Labute approximate surface area is 147 Å². The molecule has 3 heterocycles. The fourth-order valence-corrected chi connectivity index (χ4v) is 4.04. The van der Waals surface area contributed by atoms with Crippen molar-refractivity contribution in [3.63, 3.8) is 0 Å². The number of aromatic nitrogens is 3. The van der Waals surface area contributed by atoms with Crippen LogP contribution in [-0.4, -0.2) is 32.9 Å². The van der Waals surface area contributed by atoms with Gasteiger partial charge in [0.15, 0.2) is 0 Å². The van der Waals surface area contributed by atoms with Crippen molar-refractivity contribution >= 4 is 0 Å². The van der Waals surface area contributed by atoms with Crippen molar-refractivity contribution in [2.75, 3.05) is 13.1 Å². The summed E-state index contributed by atoms with van der Waals surface area (Å²) in [6, 6.07) is 3.39. The van der Waals surface area contributed by atoms with E-state index in [9.17, 15) is 4.79 Å². The minimum atomic E-state index is 0.00209. The number of likely N-dealkylation sites (tertiary alicyclic amines) is 1. The van der Waals surface area contributed by atoms with Crippen molar-refractivity contribution in [3.05, 3.63) is 45.2 Å². The molecule has 0 bridgehead atoms. The van der Waals surface area contributed by atoms with Crippen LogP contribution in [0.25, 0.3) is 0 Å². The number of nitrogens with zero attached hydrogens (tertiary/aromatic N) is 4. The Bertz CT molecular complexity index is 787. The van der Waals surface area contributed by atoms with Gasteiger partial charge in [0.2, 0.25) is 0 Å². The van der Waals surface area contributed by atoms with Gasteiger partial charge in [-0.15, -0.1) is 0 Å². The van der Waals surface area contributed by atoms with Crippen LogP contribution in [0.3, 0.4) is 0 Å². The maximum absolute atomic E-state index is 11.9. The van der Waals surface area contributed by atoms with Crippen molar-refractivity contribution < 1.29 is 4.52 Å². The van der Waals surface area contributed by atoms with Gasteiger partial charge in [0, 0.05) is 31.1 Å². The molecule has 0 amide bonds. The standard InChI is InChI=1S/C19H26N4O2/c1-14-6-7-19(24)23(20-14)12-15-8-10-22(11-9-15)13-17-16-4-2-3-5-18(16)25-21-17/h6-7,15H,2-5,8-13H2,1H3. The molecule has 2 aromatic rings. The largest absolute Gasteiger partial charge is 0.361 e. The van der Waals surface area contributed by atoms with E-state index in [-0.39, 0.29) is 5.56 Å². The second-order valence-corrected chi connectivity index (χ2v) is 7.45. The molecule has 0 atom stereocenters. The van der Waals surface area contributed by atoms with Gasteiger partial charge in [-0.3, -0.25) is 9.69 Å². The Morgan fingerprint density at radius 3 is 2.84 bits per heavy atom. The summed E-state index contributed by atoms with van der Waals surface area (Å²) in [7, 11) is 0. The fraction of sp³-hybridized carbons (Fsp3) is 0.632. The van der Waals surface area contributed by atoms with Crippen molar-refractivity contribution in [1.29, 1.82) is 0 Å². The number of rotatable bonds is 4. The van der Waals surface area contributed by atoms with Gasteiger partial charge in [-0.05, 0) is 64.1 Å². The van der Waals surface area contributed by atoms with Crippen LogP contribution in [0.15, 0.2) is 21.5 Å². The van der Waals surface area contributed by atoms with Gasteiger partial charge in [0.05, 0.1) is 5.69 Å². The first-order valence-electron chi connectivity index (χ1n) is 9.42. The summed E-state index contributed by atoms with van der Waals surface area (Å²) < 4.78 is 7.16. The number of aryl methyl sites for hydroxylation is 2. The summed E-state index contributed by atoms with van der Waals surface area (Å²) in [4.78, 5) is 14.4. The summed E-state index contributed by atoms with van der Waals surface area (Å²) in [5, 5.41) is 8.69. The first-order chi connectivity index (χ1) is 12.2. The summed E-state index contributed by atoms with van der Waals surface area (Å²) in [5.74, 6) is 1.63. The molecular formula is C19H26N4O2. The lowest BCUT2D eigenvalue weighted by Gasteiger charge is -2.31. The third kappa shape index (κ3) is 3.68. The van der Waals surface area contributed by atoms with Crippen molar-refractivity contribution in [2.45, 2.75) is 58.5 Å². The quantitative estimate of drug-likeness (QED) is 0.853. The second-order valence-electron chi connectivity index (χ2n) is 7.45. The molecule has 0 unspecified atom stereocenters. The SMILES string of the molecule is Cc1ccc(=O)n(CC2CCN(Cc3noc4c3CCCC4)CC2)n1. The highest BCUT2D eigenvalue weighted by Gasteiger charge is 2.24. The molecule has 2 aliphatic rings. The van der Waals surface area contributed by atoms with Gasteiger partial charge in [0.25, 0.3) is 5.56 Å². The maximum Gasteiger partial charge on any atom is 0.266 e. The average molecular weight is 342 g/mol. The van der Waals surface area contributed by atoms with E-state index in [1.165, 1.54) is 18.4 Å². The third-order valence-corrected chi connectivity index (χ3v) is 5.54. The van der Waals surface area contributed by atoms with Crippen LogP contribution in [0.2, 0.25) is 0 Å². The van der Waals surface area contributed by atoms with Crippen LogP contribution >= 0.6 is 0 Å². The topological polar surface area (TPSA) is 64.2 Å². The van der Waals surface area contributed by atoms with E-state index in [0.717, 1.165) is 69.0 Å². The molecule has 134 valence electrons. The van der Waals surface area contributed by atoms with E-state index in [1.807, 2.05) is 6.92 Å². The van der Waals surface area contributed by atoms with E-state index in [2.05, 4.69) is 15.2 Å². The van der Waals surface area contributed by atoms with Crippen LogP contribution in [0.4, 0.5) is 0 Å². The van der Waals surface area contributed by atoms with Gasteiger partial charge in [-0.25, -0.2) is 4.68 Å². The van der Waals surface area contributed by atoms with E-state index in [1.54, 1.807) is 16.8 Å². The minimum Gasteiger partial charge on any atom is -0.361 e. The monoisotopic (exact) mass is 342 g/mol. The highest BCUT2D eigenvalue weighted by Crippen LogP contribution is 2.26. The van der Waals surface area contributed by atoms with E-state index < -0.39 is 0 Å². The molecule has 2 aromatic heterocycles. The highest BCUT2D eigenvalue weighted by atomic mass is 16.5. The first kappa shape index (κ1) is 16.5. The van der Waals surface area contributed by atoms with Crippen LogP contribution in [0, 0.1) is 12.8 Å². The molecule has 0 aromatic carbocycles. The van der Waals surface area contributed by atoms with E-state index >= 15 is 0 Å².